The van der Waals surface area contributed by atoms with Gasteiger partial charge in [0.05, 0.1) is 0 Å². The lowest BCUT2D eigenvalue weighted by Gasteiger charge is -2.16. The van der Waals surface area contributed by atoms with E-state index in [4.69, 9.17) is 4.74 Å². The summed E-state index contributed by atoms with van der Waals surface area (Å²) in [5.74, 6) is -10.9. The maximum absolute atomic E-state index is 14.1. The van der Waals surface area contributed by atoms with Gasteiger partial charge in [-0.3, -0.25) is 0 Å². The molecule has 0 saturated carbocycles. The van der Waals surface area contributed by atoms with E-state index in [0.29, 0.717) is 4.31 Å². The SMILES string of the molecule is CN(C)S(=O)(=O)c1c(F)c(F)c(F)c(F)c1C(=O)Oc1ccccc1. The minimum atomic E-state index is -4.83. The van der Waals surface area contributed by atoms with Crippen LogP contribution in [0.1, 0.15) is 10.4 Å². The Balaban J connectivity index is 2.74. The summed E-state index contributed by atoms with van der Waals surface area (Å²) in [6.45, 7) is 0. The minimum absolute atomic E-state index is 0.134. The van der Waals surface area contributed by atoms with Crippen molar-refractivity contribution in [2.24, 2.45) is 0 Å². The van der Waals surface area contributed by atoms with Crippen molar-refractivity contribution in [2.75, 3.05) is 14.1 Å². The molecule has 0 atom stereocenters. The van der Waals surface area contributed by atoms with Crippen molar-refractivity contribution in [3.8, 4) is 5.75 Å². The fraction of sp³-hybridized carbons (Fsp3) is 0.133. The molecule has 10 heteroatoms. The highest BCUT2D eigenvalue weighted by atomic mass is 32.2. The van der Waals surface area contributed by atoms with Gasteiger partial charge in [0.25, 0.3) is 0 Å². The molecule has 25 heavy (non-hydrogen) atoms. The van der Waals surface area contributed by atoms with E-state index in [1.165, 1.54) is 24.3 Å². The fourth-order valence-electron chi connectivity index (χ4n) is 1.87. The van der Waals surface area contributed by atoms with Crippen LogP contribution in [0.2, 0.25) is 0 Å². The molecule has 0 spiro atoms. The van der Waals surface area contributed by atoms with Crippen molar-refractivity contribution in [3.63, 3.8) is 0 Å². The number of halogens is 4. The normalized spacial score (nSPS) is 11.6. The van der Waals surface area contributed by atoms with E-state index in [-0.39, 0.29) is 5.75 Å². The van der Waals surface area contributed by atoms with Crippen LogP contribution in [0.15, 0.2) is 35.2 Å². The second kappa shape index (κ2) is 6.81. The van der Waals surface area contributed by atoms with E-state index < -0.39 is 49.7 Å². The third-order valence-corrected chi connectivity index (χ3v) is 4.98. The molecule has 0 saturated heterocycles. The lowest BCUT2D eigenvalue weighted by Crippen LogP contribution is -2.28. The highest BCUT2D eigenvalue weighted by Crippen LogP contribution is 2.30. The number of hydrogen-bond acceptors (Lipinski definition) is 4. The van der Waals surface area contributed by atoms with Crippen LogP contribution in [0.4, 0.5) is 17.6 Å². The summed E-state index contributed by atoms with van der Waals surface area (Å²) in [5.41, 5.74) is -1.56. The van der Waals surface area contributed by atoms with Crippen LogP contribution in [-0.2, 0) is 10.0 Å². The van der Waals surface area contributed by atoms with Gasteiger partial charge in [-0.1, -0.05) is 18.2 Å². The molecule has 5 nitrogen and oxygen atoms in total. The lowest BCUT2D eigenvalue weighted by molar-refractivity contribution is 0.0722. The topological polar surface area (TPSA) is 63.7 Å². The molecule has 2 rings (SSSR count). The monoisotopic (exact) mass is 377 g/mol. The van der Waals surface area contributed by atoms with Crippen LogP contribution in [0.5, 0.6) is 5.75 Å². The molecule has 0 aliphatic carbocycles. The van der Waals surface area contributed by atoms with Gasteiger partial charge in [0.2, 0.25) is 10.0 Å². The summed E-state index contributed by atoms with van der Waals surface area (Å²) in [6, 6.07) is 7.00. The Bertz CT molecular complexity index is 931. The van der Waals surface area contributed by atoms with E-state index in [0.717, 1.165) is 14.1 Å². The lowest BCUT2D eigenvalue weighted by atomic mass is 10.2. The molecule has 0 heterocycles. The number of hydrogen-bond donors (Lipinski definition) is 0. The summed E-state index contributed by atoms with van der Waals surface area (Å²) < 4.78 is 84.6. The molecule has 0 radical (unpaired) electrons. The number of esters is 1. The Morgan fingerprint density at radius 2 is 1.44 bits per heavy atom. The first kappa shape index (κ1) is 18.9. The number of carbonyl (C=O) groups excluding carboxylic acids is 1. The van der Waals surface area contributed by atoms with Crippen molar-refractivity contribution < 1.29 is 35.5 Å². The molecule has 0 unspecified atom stereocenters. The van der Waals surface area contributed by atoms with Gasteiger partial charge in [-0.2, -0.15) is 0 Å². The predicted molar refractivity (Wildman–Crippen MR) is 78.5 cm³/mol. The second-order valence-electron chi connectivity index (χ2n) is 4.95. The smallest absolute Gasteiger partial charge is 0.348 e. The van der Waals surface area contributed by atoms with Crippen molar-refractivity contribution in [3.05, 3.63) is 59.2 Å². The van der Waals surface area contributed by atoms with Crippen LogP contribution < -0.4 is 4.74 Å². The number of carbonyl (C=O) groups is 1. The number of rotatable bonds is 4. The number of sulfonamides is 1. The van der Waals surface area contributed by atoms with Crippen LogP contribution in [-0.4, -0.2) is 32.8 Å². The zero-order chi connectivity index (χ0) is 18.9. The highest BCUT2D eigenvalue weighted by molar-refractivity contribution is 7.89. The molecule has 0 aromatic heterocycles. The van der Waals surface area contributed by atoms with Crippen molar-refractivity contribution in [1.29, 1.82) is 0 Å². The summed E-state index contributed by atoms with van der Waals surface area (Å²) in [4.78, 5) is 10.5. The van der Waals surface area contributed by atoms with Gasteiger partial charge in [0, 0.05) is 14.1 Å². The number of ether oxygens (including phenoxy) is 1. The van der Waals surface area contributed by atoms with E-state index in [1.54, 1.807) is 6.07 Å². The average molecular weight is 377 g/mol. The van der Waals surface area contributed by atoms with Crippen LogP contribution in [0.25, 0.3) is 0 Å². The first-order valence-corrected chi connectivity index (χ1v) is 8.08. The van der Waals surface area contributed by atoms with Gasteiger partial charge in [-0.05, 0) is 12.1 Å². The quantitative estimate of drug-likeness (QED) is 0.270. The Labute approximate surface area is 140 Å². The van der Waals surface area contributed by atoms with Gasteiger partial charge in [0.15, 0.2) is 23.3 Å². The Morgan fingerprint density at radius 1 is 0.920 bits per heavy atom. The molecule has 0 bridgehead atoms. The zero-order valence-electron chi connectivity index (χ0n) is 12.9. The third kappa shape index (κ3) is 3.35. The molecule has 0 amide bonds. The Kier molecular flexibility index (Phi) is 5.14. The third-order valence-electron chi connectivity index (χ3n) is 3.12. The Morgan fingerprint density at radius 3 is 1.96 bits per heavy atom. The summed E-state index contributed by atoms with van der Waals surface area (Å²) in [7, 11) is -2.94. The largest absolute Gasteiger partial charge is 0.423 e. The molecule has 0 fully saturated rings. The van der Waals surface area contributed by atoms with E-state index in [2.05, 4.69) is 0 Å². The molecule has 134 valence electrons. The van der Waals surface area contributed by atoms with Crippen molar-refractivity contribution >= 4 is 16.0 Å². The molecular weight excluding hydrogens is 366 g/mol. The van der Waals surface area contributed by atoms with Gasteiger partial charge in [-0.15, -0.1) is 0 Å². The first-order valence-electron chi connectivity index (χ1n) is 6.64. The molecular formula is C15H11F4NO4S. The summed E-state index contributed by atoms with van der Waals surface area (Å²) in [6.07, 6.45) is 0. The van der Waals surface area contributed by atoms with Crippen LogP contribution in [0.3, 0.4) is 0 Å². The van der Waals surface area contributed by atoms with Gasteiger partial charge < -0.3 is 4.74 Å². The van der Waals surface area contributed by atoms with Crippen molar-refractivity contribution in [2.45, 2.75) is 4.90 Å². The van der Waals surface area contributed by atoms with E-state index in [9.17, 15) is 30.8 Å². The molecule has 2 aromatic rings. The number of para-hydroxylation sites is 1. The Hall–Kier alpha value is -2.46. The van der Waals surface area contributed by atoms with E-state index >= 15 is 0 Å². The second-order valence-corrected chi connectivity index (χ2v) is 7.04. The number of nitrogens with zero attached hydrogens (tertiary/aromatic N) is 1. The van der Waals surface area contributed by atoms with E-state index in [1.807, 2.05) is 0 Å². The maximum atomic E-state index is 14.1. The highest BCUT2D eigenvalue weighted by Gasteiger charge is 2.38. The van der Waals surface area contributed by atoms with Crippen LogP contribution in [0, 0.1) is 23.3 Å². The first-order chi connectivity index (χ1) is 11.6. The standard InChI is InChI=1S/C15H11F4NO4S/c1-20(2)25(22,23)14-9(10(16)11(17)12(18)13(14)19)15(21)24-8-6-4-3-5-7-8/h3-7H,1-2H3. The minimum Gasteiger partial charge on any atom is -0.423 e. The van der Waals surface area contributed by atoms with Gasteiger partial charge in [0.1, 0.15) is 16.2 Å². The molecule has 0 aliphatic rings. The predicted octanol–water partition coefficient (Wildman–Crippen LogP) is 2.71. The molecule has 2 aromatic carbocycles. The maximum Gasteiger partial charge on any atom is 0.348 e. The number of benzene rings is 2. The summed E-state index contributed by atoms with van der Waals surface area (Å²) >= 11 is 0. The van der Waals surface area contributed by atoms with Crippen molar-refractivity contribution in [1.82, 2.24) is 4.31 Å². The summed E-state index contributed by atoms with van der Waals surface area (Å²) in [5, 5.41) is 0. The van der Waals surface area contributed by atoms with Gasteiger partial charge in [-0.25, -0.2) is 35.1 Å². The molecule has 0 aliphatic heterocycles. The average Bonchev–Trinajstić information content (AvgIpc) is 2.56. The van der Waals surface area contributed by atoms with Crippen LogP contribution >= 0.6 is 0 Å². The fourth-order valence-corrected chi connectivity index (χ4v) is 2.98. The van der Waals surface area contributed by atoms with Gasteiger partial charge >= 0.3 is 5.97 Å². The molecule has 0 N–H and O–H groups in total. The zero-order valence-corrected chi connectivity index (χ0v) is 13.7.